The molecule has 3 rings (SSSR count). The molecule has 26 heavy (non-hydrogen) atoms. The van der Waals surface area contributed by atoms with Crippen molar-refractivity contribution in [2.45, 2.75) is 38.6 Å². The van der Waals surface area contributed by atoms with E-state index in [9.17, 15) is 4.79 Å². The number of rotatable bonds is 4. The van der Waals surface area contributed by atoms with E-state index in [0.29, 0.717) is 11.6 Å². The van der Waals surface area contributed by atoms with Gasteiger partial charge in [-0.2, -0.15) is 0 Å². The Balaban J connectivity index is 1.85. The summed E-state index contributed by atoms with van der Waals surface area (Å²) in [6.45, 7) is 7.69. The molecule has 1 aliphatic heterocycles. The lowest BCUT2D eigenvalue weighted by Crippen LogP contribution is -2.32. The molecule has 1 fully saturated rings. The quantitative estimate of drug-likeness (QED) is 0.854. The third kappa shape index (κ3) is 3.82. The van der Waals surface area contributed by atoms with Crippen LogP contribution in [0.2, 0.25) is 0 Å². The molecule has 0 bridgehead atoms. The molecule has 0 saturated carbocycles. The Morgan fingerprint density at radius 2 is 1.73 bits per heavy atom. The highest BCUT2D eigenvalue weighted by Gasteiger charge is 2.18. The second-order valence-electron chi connectivity index (χ2n) is 7.04. The molecule has 136 valence electrons. The van der Waals surface area contributed by atoms with E-state index in [2.05, 4.69) is 48.0 Å². The van der Waals surface area contributed by atoms with Crippen LogP contribution in [0.15, 0.2) is 55.1 Å². The summed E-state index contributed by atoms with van der Waals surface area (Å²) in [5.41, 5.74) is 4.73. The van der Waals surface area contributed by atoms with E-state index in [4.69, 9.17) is 0 Å². The van der Waals surface area contributed by atoms with Gasteiger partial charge in [0.1, 0.15) is 0 Å². The fourth-order valence-electron chi connectivity index (χ4n) is 3.75. The van der Waals surface area contributed by atoms with Gasteiger partial charge in [-0.3, -0.25) is 4.79 Å². The van der Waals surface area contributed by atoms with Gasteiger partial charge in [0.15, 0.2) is 0 Å². The van der Waals surface area contributed by atoms with Gasteiger partial charge in [0.25, 0.3) is 5.91 Å². The number of carbonyl (C=O) groups is 1. The van der Waals surface area contributed by atoms with Gasteiger partial charge in [0, 0.05) is 30.9 Å². The van der Waals surface area contributed by atoms with Crippen LogP contribution in [0.4, 0.5) is 5.69 Å². The van der Waals surface area contributed by atoms with Crippen LogP contribution in [0, 0.1) is 0 Å². The fraction of sp³-hybridized carbons (Fsp3) is 0.348. The molecule has 0 spiro atoms. The lowest BCUT2D eigenvalue weighted by molar-refractivity contribution is 0.0963. The maximum atomic E-state index is 12.1. The van der Waals surface area contributed by atoms with Crippen LogP contribution < -0.4 is 10.2 Å². The van der Waals surface area contributed by atoms with Gasteiger partial charge >= 0.3 is 0 Å². The maximum absolute atomic E-state index is 12.1. The van der Waals surface area contributed by atoms with Gasteiger partial charge in [0.05, 0.1) is 0 Å². The SMILES string of the molecule is C=C(c1ccc(N2CCCCCC2C)cc1)c1ccccc1C(=O)NC. The molecule has 3 heteroatoms. The lowest BCUT2D eigenvalue weighted by atomic mass is 9.94. The Labute approximate surface area is 156 Å². The molecule has 0 aliphatic carbocycles. The largest absolute Gasteiger partial charge is 0.369 e. The molecular weight excluding hydrogens is 320 g/mol. The number of anilines is 1. The van der Waals surface area contributed by atoms with Crippen LogP contribution in [0.25, 0.3) is 5.57 Å². The monoisotopic (exact) mass is 348 g/mol. The van der Waals surface area contributed by atoms with Crippen molar-refractivity contribution in [2.24, 2.45) is 0 Å². The van der Waals surface area contributed by atoms with Crippen LogP contribution in [0.5, 0.6) is 0 Å². The molecule has 1 N–H and O–H groups in total. The number of nitrogens with one attached hydrogen (secondary N) is 1. The Kier molecular flexibility index (Phi) is 5.77. The molecule has 1 amide bonds. The van der Waals surface area contributed by atoms with Gasteiger partial charge in [-0.05, 0) is 54.7 Å². The number of amides is 1. The average Bonchev–Trinajstić information content (AvgIpc) is 2.91. The zero-order chi connectivity index (χ0) is 18.5. The minimum atomic E-state index is -0.0863. The topological polar surface area (TPSA) is 32.3 Å². The molecule has 2 aromatic rings. The second-order valence-corrected chi connectivity index (χ2v) is 7.04. The third-order valence-electron chi connectivity index (χ3n) is 5.32. The van der Waals surface area contributed by atoms with Crippen LogP contribution in [-0.4, -0.2) is 25.5 Å². The highest BCUT2D eigenvalue weighted by molar-refractivity contribution is 6.00. The van der Waals surface area contributed by atoms with Gasteiger partial charge in [0.2, 0.25) is 0 Å². The summed E-state index contributed by atoms with van der Waals surface area (Å²) in [7, 11) is 1.65. The number of carbonyl (C=O) groups excluding carboxylic acids is 1. The first-order chi connectivity index (χ1) is 12.6. The Bertz CT molecular complexity index is 779. The minimum Gasteiger partial charge on any atom is -0.369 e. The summed E-state index contributed by atoms with van der Waals surface area (Å²) >= 11 is 0. The van der Waals surface area contributed by atoms with E-state index in [1.807, 2.05) is 24.3 Å². The molecule has 1 saturated heterocycles. The number of nitrogens with zero attached hydrogens (tertiary/aromatic N) is 1. The molecule has 1 unspecified atom stereocenters. The summed E-state index contributed by atoms with van der Waals surface area (Å²) in [4.78, 5) is 14.7. The van der Waals surface area contributed by atoms with E-state index in [0.717, 1.165) is 23.2 Å². The van der Waals surface area contributed by atoms with Crippen LogP contribution in [0.1, 0.15) is 54.1 Å². The normalized spacial score (nSPS) is 17.5. The standard InChI is InChI=1S/C23H28N2O/c1-17-9-5-4-8-16-25(17)20-14-12-19(13-15-20)18(2)21-10-6-7-11-22(21)23(26)24-3/h6-7,10-15,17H,2,4-5,8-9,16H2,1,3H3,(H,24,26). The van der Waals surface area contributed by atoms with Crippen molar-refractivity contribution in [3.05, 3.63) is 71.8 Å². The summed E-state index contributed by atoms with van der Waals surface area (Å²) in [5.74, 6) is -0.0863. The van der Waals surface area contributed by atoms with Crippen molar-refractivity contribution >= 4 is 17.2 Å². The molecule has 3 nitrogen and oxygen atoms in total. The Morgan fingerprint density at radius 1 is 1.04 bits per heavy atom. The van der Waals surface area contributed by atoms with E-state index in [1.165, 1.54) is 31.4 Å². The van der Waals surface area contributed by atoms with Crippen molar-refractivity contribution in [2.75, 3.05) is 18.5 Å². The van der Waals surface area contributed by atoms with Crippen LogP contribution in [0.3, 0.4) is 0 Å². The van der Waals surface area contributed by atoms with E-state index in [-0.39, 0.29) is 5.91 Å². The van der Waals surface area contributed by atoms with E-state index in [1.54, 1.807) is 7.05 Å². The van der Waals surface area contributed by atoms with E-state index < -0.39 is 0 Å². The minimum absolute atomic E-state index is 0.0863. The predicted octanol–water partition coefficient (Wildman–Crippen LogP) is 4.88. The molecule has 0 aromatic heterocycles. The van der Waals surface area contributed by atoms with Crippen LogP contribution in [-0.2, 0) is 0 Å². The van der Waals surface area contributed by atoms with Crippen molar-refractivity contribution in [1.29, 1.82) is 0 Å². The first-order valence-electron chi connectivity index (χ1n) is 9.49. The second kappa shape index (κ2) is 8.22. The lowest BCUT2D eigenvalue weighted by Gasteiger charge is -2.29. The molecule has 0 radical (unpaired) electrons. The zero-order valence-corrected chi connectivity index (χ0v) is 15.8. The van der Waals surface area contributed by atoms with Gasteiger partial charge < -0.3 is 10.2 Å². The molecule has 1 aliphatic rings. The Morgan fingerprint density at radius 3 is 2.42 bits per heavy atom. The number of benzene rings is 2. The fourth-order valence-corrected chi connectivity index (χ4v) is 3.75. The van der Waals surface area contributed by atoms with Crippen molar-refractivity contribution < 1.29 is 4.79 Å². The van der Waals surface area contributed by atoms with Crippen molar-refractivity contribution in [3.8, 4) is 0 Å². The highest BCUT2D eigenvalue weighted by Crippen LogP contribution is 2.29. The summed E-state index contributed by atoms with van der Waals surface area (Å²) < 4.78 is 0. The van der Waals surface area contributed by atoms with E-state index >= 15 is 0 Å². The molecule has 2 aromatic carbocycles. The van der Waals surface area contributed by atoms with Crippen molar-refractivity contribution in [3.63, 3.8) is 0 Å². The first-order valence-corrected chi connectivity index (χ1v) is 9.49. The predicted molar refractivity (Wildman–Crippen MR) is 110 cm³/mol. The average molecular weight is 348 g/mol. The number of hydrogen-bond donors (Lipinski definition) is 1. The smallest absolute Gasteiger partial charge is 0.251 e. The summed E-state index contributed by atoms with van der Waals surface area (Å²) in [6, 6.07) is 16.8. The highest BCUT2D eigenvalue weighted by atomic mass is 16.1. The molecule has 1 atom stereocenters. The van der Waals surface area contributed by atoms with Crippen LogP contribution >= 0.6 is 0 Å². The van der Waals surface area contributed by atoms with Gasteiger partial charge in [-0.1, -0.05) is 49.8 Å². The van der Waals surface area contributed by atoms with Gasteiger partial charge in [-0.15, -0.1) is 0 Å². The van der Waals surface area contributed by atoms with Crippen molar-refractivity contribution in [1.82, 2.24) is 5.32 Å². The number of hydrogen-bond acceptors (Lipinski definition) is 2. The maximum Gasteiger partial charge on any atom is 0.251 e. The molecule has 1 heterocycles. The zero-order valence-electron chi connectivity index (χ0n) is 15.8. The first kappa shape index (κ1) is 18.2. The molecular formula is C23H28N2O. The Hall–Kier alpha value is -2.55. The van der Waals surface area contributed by atoms with Gasteiger partial charge in [-0.25, -0.2) is 0 Å². The summed E-state index contributed by atoms with van der Waals surface area (Å²) in [5, 5.41) is 2.70. The summed E-state index contributed by atoms with van der Waals surface area (Å²) in [6.07, 6.45) is 5.17. The third-order valence-corrected chi connectivity index (χ3v) is 5.32.